The summed E-state index contributed by atoms with van der Waals surface area (Å²) >= 11 is 0. The first-order valence-electron chi connectivity index (χ1n) is 15.2. The molecule has 5 heteroatoms. The number of aromatic nitrogens is 4. The van der Waals surface area contributed by atoms with Gasteiger partial charge in [-0.05, 0) is 48.4 Å². The number of fused-ring (bicyclic) bond motifs is 3. The summed E-state index contributed by atoms with van der Waals surface area (Å²) < 4.78 is 2.26. The maximum Gasteiger partial charge on any atom is 0.198 e. The van der Waals surface area contributed by atoms with Crippen molar-refractivity contribution in [2.75, 3.05) is 0 Å². The molecule has 216 valence electrons. The normalized spacial score (nSPS) is 11.1. The van der Waals surface area contributed by atoms with E-state index in [1.54, 1.807) is 0 Å². The van der Waals surface area contributed by atoms with E-state index in [9.17, 15) is 0 Å². The zero-order chi connectivity index (χ0) is 31.0. The molecular formula is C41H27N5. The Kier molecular flexibility index (Phi) is 6.67. The van der Waals surface area contributed by atoms with Gasteiger partial charge in [-0.2, -0.15) is 0 Å². The number of rotatable bonds is 5. The average Bonchev–Trinajstić information content (AvgIpc) is 3.45. The van der Waals surface area contributed by atoms with Crippen molar-refractivity contribution in [3.05, 3.63) is 163 Å². The van der Waals surface area contributed by atoms with Gasteiger partial charge in [0, 0.05) is 33.2 Å². The van der Waals surface area contributed by atoms with E-state index in [1.165, 1.54) is 27.5 Å². The van der Waals surface area contributed by atoms with Gasteiger partial charge >= 0.3 is 0 Å². The van der Waals surface area contributed by atoms with E-state index < -0.39 is 0 Å². The molecule has 0 saturated heterocycles. The van der Waals surface area contributed by atoms with Crippen molar-refractivity contribution in [2.24, 2.45) is 0 Å². The van der Waals surface area contributed by atoms with Crippen molar-refractivity contribution in [3.8, 4) is 51.0 Å². The highest BCUT2D eigenvalue weighted by molar-refractivity contribution is 6.10. The monoisotopic (exact) mass is 589 g/mol. The van der Waals surface area contributed by atoms with Crippen LogP contribution in [0.15, 0.2) is 146 Å². The molecule has 0 N–H and O–H groups in total. The fourth-order valence-electron chi connectivity index (χ4n) is 6.12. The molecule has 6 aromatic carbocycles. The molecule has 46 heavy (non-hydrogen) atoms. The van der Waals surface area contributed by atoms with Crippen LogP contribution in [0, 0.1) is 13.5 Å². The first-order chi connectivity index (χ1) is 22.7. The third-order valence-corrected chi connectivity index (χ3v) is 8.32. The van der Waals surface area contributed by atoms with Crippen LogP contribution >= 0.6 is 0 Å². The average molecular weight is 590 g/mol. The van der Waals surface area contributed by atoms with Gasteiger partial charge in [-0.25, -0.2) is 19.8 Å². The van der Waals surface area contributed by atoms with Gasteiger partial charge in [-0.1, -0.05) is 121 Å². The molecule has 2 heterocycles. The van der Waals surface area contributed by atoms with Crippen LogP contribution in [0.5, 0.6) is 0 Å². The Bertz CT molecular complexity index is 2380. The predicted molar refractivity (Wildman–Crippen MR) is 187 cm³/mol. The van der Waals surface area contributed by atoms with Crippen LogP contribution in [0.25, 0.3) is 77.6 Å². The van der Waals surface area contributed by atoms with Gasteiger partial charge in [0.2, 0.25) is 0 Å². The minimum atomic E-state index is 0.461. The van der Waals surface area contributed by atoms with Crippen molar-refractivity contribution in [1.82, 2.24) is 19.5 Å². The molecule has 0 bridgehead atoms. The fraction of sp³-hybridized carbons (Fsp3) is 0.0244. The van der Waals surface area contributed by atoms with Crippen molar-refractivity contribution in [3.63, 3.8) is 0 Å². The molecule has 8 rings (SSSR count). The Hall–Kier alpha value is -6.38. The molecule has 5 nitrogen and oxygen atoms in total. The second-order valence-electron chi connectivity index (χ2n) is 11.3. The lowest BCUT2D eigenvalue weighted by molar-refractivity contribution is 1.07. The summed E-state index contributed by atoms with van der Waals surface area (Å²) in [5.74, 6) is 1.58. The molecule has 0 aliphatic carbocycles. The summed E-state index contributed by atoms with van der Waals surface area (Å²) in [5, 5.41) is 2.34. The molecule has 0 aliphatic heterocycles. The standard InChI is InChI=1S/C41H27N5/c1-27-12-11-17-30(24-27)31-20-23-38-34(25-31)33-18-9-10-19-37(33)46(38)32-21-22-36(42-2)35(26-32)41-44-39(28-13-5-3-6-14-28)43-40(45-41)29-15-7-4-8-16-29/h3-26H,1H3. The maximum atomic E-state index is 8.04. The zero-order valence-corrected chi connectivity index (χ0v) is 25.1. The number of hydrogen-bond acceptors (Lipinski definition) is 3. The highest BCUT2D eigenvalue weighted by Gasteiger charge is 2.18. The van der Waals surface area contributed by atoms with Crippen LogP contribution in [0.1, 0.15) is 5.56 Å². The molecule has 0 saturated carbocycles. The number of nitrogens with zero attached hydrogens (tertiary/aromatic N) is 5. The molecular weight excluding hydrogens is 562 g/mol. The van der Waals surface area contributed by atoms with E-state index >= 15 is 0 Å². The van der Waals surface area contributed by atoms with E-state index in [4.69, 9.17) is 21.5 Å². The minimum Gasteiger partial charge on any atom is -0.309 e. The molecule has 0 atom stereocenters. The molecule has 0 aliphatic rings. The summed E-state index contributed by atoms with van der Waals surface area (Å²) in [7, 11) is 0. The van der Waals surface area contributed by atoms with Crippen molar-refractivity contribution in [1.29, 1.82) is 0 Å². The minimum absolute atomic E-state index is 0.461. The predicted octanol–water partition coefficient (Wildman–Crippen LogP) is 10.5. The van der Waals surface area contributed by atoms with Crippen molar-refractivity contribution < 1.29 is 0 Å². The second-order valence-corrected chi connectivity index (χ2v) is 11.3. The number of para-hydroxylation sites is 1. The quantitative estimate of drug-likeness (QED) is 0.188. The van der Waals surface area contributed by atoms with E-state index in [-0.39, 0.29) is 0 Å². The van der Waals surface area contributed by atoms with E-state index in [0.29, 0.717) is 28.7 Å². The van der Waals surface area contributed by atoms with Crippen LogP contribution in [0.4, 0.5) is 5.69 Å². The Balaban J connectivity index is 1.34. The lowest BCUT2D eigenvalue weighted by Crippen LogP contribution is -2.01. The third kappa shape index (κ3) is 4.79. The fourth-order valence-corrected chi connectivity index (χ4v) is 6.12. The summed E-state index contributed by atoms with van der Waals surface area (Å²) in [6.45, 7) is 10.2. The van der Waals surface area contributed by atoms with Crippen LogP contribution in [-0.4, -0.2) is 19.5 Å². The molecule has 0 fully saturated rings. The lowest BCUT2D eigenvalue weighted by atomic mass is 10.0. The van der Waals surface area contributed by atoms with Gasteiger partial charge in [0.15, 0.2) is 23.2 Å². The van der Waals surface area contributed by atoms with E-state index in [1.807, 2.05) is 78.9 Å². The van der Waals surface area contributed by atoms with Gasteiger partial charge in [0.05, 0.1) is 17.6 Å². The van der Waals surface area contributed by atoms with Gasteiger partial charge < -0.3 is 4.57 Å². The molecule has 0 spiro atoms. The number of benzene rings is 6. The highest BCUT2D eigenvalue weighted by atomic mass is 15.0. The smallest absolute Gasteiger partial charge is 0.198 e. The van der Waals surface area contributed by atoms with Gasteiger partial charge in [-0.15, -0.1) is 0 Å². The second kappa shape index (κ2) is 11.3. The van der Waals surface area contributed by atoms with E-state index in [0.717, 1.165) is 27.8 Å². The van der Waals surface area contributed by atoms with Gasteiger partial charge in [0.25, 0.3) is 0 Å². The van der Waals surface area contributed by atoms with Crippen LogP contribution in [0.2, 0.25) is 0 Å². The Morgan fingerprint density at radius 1 is 0.500 bits per heavy atom. The molecule has 8 aromatic rings. The van der Waals surface area contributed by atoms with Crippen molar-refractivity contribution in [2.45, 2.75) is 6.92 Å². The first kappa shape index (κ1) is 27.2. The van der Waals surface area contributed by atoms with Gasteiger partial charge in [-0.3, -0.25) is 0 Å². The summed E-state index contributed by atoms with van der Waals surface area (Å²) in [5.41, 5.74) is 9.62. The van der Waals surface area contributed by atoms with Crippen LogP contribution in [0.3, 0.4) is 0 Å². The Morgan fingerprint density at radius 3 is 1.80 bits per heavy atom. The maximum absolute atomic E-state index is 8.04. The largest absolute Gasteiger partial charge is 0.309 e. The Labute approximate surface area is 266 Å². The first-order valence-corrected chi connectivity index (χ1v) is 15.2. The molecule has 0 amide bonds. The third-order valence-electron chi connectivity index (χ3n) is 8.32. The van der Waals surface area contributed by atoms with Gasteiger partial charge in [0.1, 0.15) is 0 Å². The van der Waals surface area contributed by atoms with Crippen LogP contribution < -0.4 is 0 Å². The molecule has 0 unspecified atom stereocenters. The topological polar surface area (TPSA) is 48.0 Å². The van der Waals surface area contributed by atoms with E-state index in [2.05, 4.69) is 83.1 Å². The molecule has 2 aromatic heterocycles. The SMILES string of the molecule is [C-]#[N+]c1ccc(-n2c3ccccc3c3cc(-c4cccc(C)c4)ccc32)cc1-c1nc(-c2ccccc2)nc(-c2ccccc2)n1. The number of aryl methyl sites for hydroxylation is 1. The summed E-state index contributed by atoms with van der Waals surface area (Å²) in [4.78, 5) is 18.6. The zero-order valence-electron chi connectivity index (χ0n) is 25.1. The summed E-state index contributed by atoms with van der Waals surface area (Å²) in [6.07, 6.45) is 0. The van der Waals surface area contributed by atoms with Crippen LogP contribution in [-0.2, 0) is 0 Å². The lowest BCUT2D eigenvalue weighted by Gasteiger charge is -2.13. The molecule has 0 radical (unpaired) electrons. The summed E-state index contributed by atoms with van der Waals surface area (Å²) in [6, 6.07) is 49.4. The highest BCUT2D eigenvalue weighted by Crippen LogP contribution is 2.38. The number of hydrogen-bond donors (Lipinski definition) is 0. The van der Waals surface area contributed by atoms with Crippen molar-refractivity contribution >= 4 is 27.5 Å². The Morgan fingerprint density at radius 2 is 1.11 bits per heavy atom.